The average molecular weight is 276 g/mol. The van der Waals surface area contributed by atoms with Gasteiger partial charge < -0.3 is 10.1 Å². The van der Waals surface area contributed by atoms with E-state index in [1.54, 1.807) is 12.1 Å². The number of hydrogen-bond donors (Lipinski definition) is 1. The van der Waals surface area contributed by atoms with Gasteiger partial charge in [0.1, 0.15) is 0 Å². The first-order valence-corrected chi connectivity index (χ1v) is 6.18. The summed E-state index contributed by atoms with van der Waals surface area (Å²) in [7, 11) is 0. The van der Waals surface area contributed by atoms with Crippen molar-refractivity contribution in [2.45, 2.75) is 39.6 Å². The van der Waals surface area contributed by atoms with E-state index < -0.39 is 12.3 Å². The molecule has 0 saturated carbocycles. The van der Waals surface area contributed by atoms with E-state index in [9.17, 15) is 13.2 Å². The molecular formula is C13H19F3N2O. The molecular weight excluding hydrogens is 257 g/mol. The molecule has 0 fully saturated rings. The molecule has 1 N–H and O–H groups in total. The van der Waals surface area contributed by atoms with Crippen molar-refractivity contribution >= 4 is 0 Å². The number of hydrogen-bond acceptors (Lipinski definition) is 3. The van der Waals surface area contributed by atoms with Crippen molar-refractivity contribution in [2.24, 2.45) is 5.92 Å². The molecule has 1 heterocycles. The molecule has 0 saturated heterocycles. The largest absolute Gasteiger partial charge is 0.465 e. The predicted molar refractivity (Wildman–Crippen MR) is 66.9 cm³/mol. The first kappa shape index (κ1) is 15.8. The van der Waals surface area contributed by atoms with Gasteiger partial charge in [-0.25, -0.2) is 4.98 Å². The van der Waals surface area contributed by atoms with Crippen LogP contribution in [0.3, 0.4) is 0 Å². The Morgan fingerprint density at radius 2 is 2.00 bits per heavy atom. The average Bonchev–Trinajstić information content (AvgIpc) is 2.29. The molecule has 0 amide bonds. The Balaban J connectivity index is 2.68. The van der Waals surface area contributed by atoms with Gasteiger partial charge in [0.2, 0.25) is 5.88 Å². The van der Waals surface area contributed by atoms with E-state index in [0.29, 0.717) is 18.0 Å². The third-order valence-corrected chi connectivity index (χ3v) is 2.47. The van der Waals surface area contributed by atoms with E-state index in [1.807, 2.05) is 0 Å². The number of pyridine rings is 1. The molecule has 3 nitrogen and oxygen atoms in total. The van der Waals surface area contributed by atoms with E-state index in [-0.39, 0.29) is 5.88 Å². The van der Waals surface area contributed by atoms with Crippen molar-refractivity contribution in [1.82, 2.24) is 10.3 Å². The number of alkyl halides is 3. The van der Waals surface area contributed by atoms with E-state index in [2.05, 4.69) is 24.1 Å². The maximum Gasteiger partial charge on any atom is 0.425 e. The van der Waals surface area contributed by atoms with Crippen molar-refractivity contribution in [3.63, 3.8) is 0 Å². The Kier molecular flexibility index (Phi) is 5.60. The van der Waals surface area contributed by atoms with Gasteiger partial charge in [-0.2, -0.15) is 13.2 Å². The molecule has 19 heavy (non-hydrogen) atoms. The van der Waals surface area contributed by atoms with Gasteiger partial charge >= 0.3 is 6.18 Å². The minimum absolute atomic E-state index is 0.0311. The summed E-state index contributed by atoms with van der Waals surface area (Å²) in [6.07, 6.45) is -4.84. The summed E-state index contributed by atoms with van der Waals surface area (Å²) >= 11 is 0. The van der Waals surface area contributed by atoms with Crippen molar-refractivity contribution in [1.29, 1.82) is 0 Å². The molecule has 108 valence electrons. The van der Waals surface area contributed by atoms with Crippen LogP contribution in [0.15, 0.2) is 18.3 Å². The number of nitrogens with zero attached hydrogens (tertiary/aromatic N) is 1. The second-order valence-electron chi connectivity index (χ2n) is 4.79. The van der Waals surface area contributed by atoms with Crippen molar-refractivity contribution < 1.29 is 17.9 Å². The Morgan fingerprint density at radius 1 is 1.32 bits per heavy atom. The molecule has 1 aromatic heterocycles. The lowest BCUT2D eigenvalue weighted by atomic mass is 10.2. The van der Waals surface area contributed by atoms with Gasteiger partial charge in [0, 0.05) is 18.3 Å². The topological polar surface area (TPSA) is 34.2 Å². The maximum atomic E-state index is 12.5. The van der Waals surface area contributed by atoms with Gasteiger partial charge in [0.25, 0.3) is 0 Å². The number of halogens is 3. The zero-order valence-electron chi connectivity index (χ0n) is 11.3. The second kappa shape index (κ2) is 6.75. The first-order valence-electron chi connectivity index (χ1n) is 6.18. The normalized spacial score (nSPS) is 13.6. The van der Waals surface area contributed by atoms with Crippen LogP contribution in [-0.2, 0) is 6.54 Å². The molecule has 1 aromatic rings. The van der Waals surface area contributed by atoms with Crippen LogP contribution in [0, 0.1) is 5.92 Å². The maximum absolute atomic E-state index is 12.5. The second-order valence-corrected chi connectivity index (χ2v) is 4.79. The Labute approximate surface area is 111 Å². The zero-order chi connectivity index (χ0) is 14.5. The number of ether oxygens (including phenoxy) is 1. The third kappa shape index (κ3) is 5.46. The SMILES string of the molecule is CC(C)CNCc1cccnc1OC(C)C(F)(F)F. The van der Waals surface area contributed by atoms with Gasteiger partial charge in [0.15, 0.2) is 6.10 Å². The summed E-state index contributed by atoms with van der Waals surface area (Å²) < 4.78 is 42.3. The fourth-order valence-corrected chi connectivity index (χ4v) is 1.39. The molecule has 0 spiro atoms. The van der Waals surface area contributed by atoms with E-state index in [0.717, 1.165) is 13.5 Å². The minimum Gasteiger partial charge on any atom is -0.465 e. The van der Waals surface area contributed by atoms with E-state index >= 15 is 0 Å². The fraction of sp³-hybridized carbons (Fsp3) is 0.615. The highest BCUT2D eigenvalue weighted by molar-refractivity contribution is 5.25. The molecule has 0 aliphatic carbocycles. The highest BCUT2D eigenvalue weighted by Gasteiger charge is 2.38. The zero-order valence-corrected chi connectivity index (χ0v) is 11.3. The first-order chi connectivity index (χ1) is 8.80. The standard InChI is InChI=1S/C13H19F3N2O/c1-9(2)7-17-8-11-5-4-6-18-12(11)19-10(3)13(14,15)16/h4-6,9-10,17H,7-8H2,1-3H3. The van der Waals surface area contributed by atoms with Gasteiger partial charge in [-0.15, -0.1) is 0 Å². The van der Waals surface area contributed by atoms with Crippen molar-refractivity contribution in [3.8, 4) is 5.88 Å². The molecule has 0 aromatic carbocycles. The molecule has 1 atom stereocenters. The van der Waals surface area contributed by atoms with Gasteiger partial charge in [0.05, 0.1) is 0 Å². The highest BCUT2D eigenvalue weighted by atomic mass is 19.4. The monoisotopic (exact) mass is 276 g/mol. The van der Waals surface area contributed by atoms with E-state index in [4.69, 9.17) is 4.74 Å². The van der Waals surface area contributed by atoms with Crippen LogP contribution in [0.1, 0.15) is 26.3 Å². The lowest BCUT2D eigenvalue weighted by Crippen LogP contribution is -2.32. The van der Waals surface area contributed by atoms with Crippen LogP contribution in [0.5, 0.6) is 5.88 Å². The quantitative estimate of drug-likeness (QED) is 0.866. The predicted octanol–water partition coefficient (Wildman–Crippen LogP) is 3.16. The minimum atomic E-state index is -4.39. The van der Waals surface area contributed by atoms with Crippen LogP contribution < -0.4 is 10.1 Å². The lowest BCUT2D eigenvalue weighted by molar-refractivity contribution is -0.190. The highest BCUT2D eigenvalue weighted by Crippen LogP contribution is 2.25. The molecule has 1 unspecified atom stereocenters. The molecule has 1 rings (SSSR count). The molecule has 6 heteroatoms. The Bertz CT molecular complexity index is 394. The van der Waals surface area contributed by atoms with E-state index in [1.165, 1.54) is 6.20 Å². The summed E-state index contributed by atoms with van der Waals surface area (Å²) in [6.45, 7) is 6.30. The third-order valence-electron chi connectivity index (χ3n) is 2.47. The Hall–Kier alpha value is -1.30. The van der Waals surface area contributed by atoms with Crippen LogP contribution in [0.4, 0.5) is 13.2 Å². The van der Waals surface area contributed by atoms with Gasteiger partial charge in [-0.1, -0.05) is 19.9 Å². The molecule has 0 radical (unpaired) electrons. The van der Waals surface area contributed by atoms with Gasteiger partial charge in [-0.3, -0.25) is 0 Å². The summed E-state index contributed by atoms with van der Waals surface area (Å²) in [5.41, 5.74) is 0.624. The summed E-state index contributed by atoms with van der Waals surface area (Å²) in [5.74, 6) is 0.499. The van der Waals surface area contributed by atoms with Gasteiger partial charge in [-0.05, 0) is 25.5 Å². The van der Waals surface area contributed by atoms with Crippen LogP contribution >= 0.6 is 0 Å². The van der Waals surface area contributed by atoms with Crippen LogP contribution in [0.2, 0.25) is 0 Å². The molecule has 0 aliphatic rings. The number of nitrogens with one attached hydrogen (secondary N) is 1. The van der Waals surface area contributed by atoms with Crippen molar-refractivity contribution in [3.05, 3.63) is 23.9 Å². The summed E-state index contributed by atoms with van der Waals surface area (Å²) in [5, 5.41) is 3.15. The summed E-state index contributed by atoms with van der Waals surface area (Å²) in [4.78, 5) is 3.87. The molecule has 0 bridgehead atoms. The summed E-state index contributed by atoms with van der Waals surface area (Å²) in [6, 6.07) is 3.39. The van der Waals surface area contributed by atoms with Crippen molar-refractivity contribution in [2.75, 3.05) is 6.54 Å². The number of rotatable bonds is 6. The smallest absolute Gasteiger partial charge is 0.425 e. The Morgan fingerprint density at radius 3 is 2.58 bits per heavy atom. The van der Waals surface area contributed by atoms with Crippen LogP contribution in [-0.4, -0.2) is 23.8 Å². The molecule has 0 aliphatic heterocycles. The lowest BCUT2D eigenvalue weighted by Gasteiger charge is -2.19. The fourth-order valence-electron chi connectivity index (χ4n) is 1.39. The number of aromatic nitrogens is 1. The van der Waals surface area contributed by atoms with Crippen LogP contribution in [0.25, 0.3) is 0 Å².